The molecule has 2 aromatic carbocycles. The zero-order valence-corrected chi connectivity index (χ0v) is 18.5. The van der Waals surface area contributed by atoms with Gasteiger partial charge in [0.15, 0.2) is 0 Å². The van der Waals surface area contributed by atoms with Crippen molar-refractivity contribution in [2.75, 3.05) is 24.2 Å². The highest BCUT2D eigenvalue weighted by Gasteiger charge is 2.31. The molecule has 1 amide bonds. The highest BCUT2D eigenvalue weighted by molar-refractivity contribution is 7.92. The highest BCUT2D eigenvalue weighted by Crippen LogP contribution is 2.26. The minimum atomic E-state index is -3.68. The third kappa shape index (κ3) is 6.37. The molecule has 0 aliphatic carbocycles. The minimum absolute atomic E-state index is 0.333. The predicted molar refractivity (Wildman–Crippen MR) is 117 cm³/mol. The van der Waals surface area contributed by atoms with Crippen LogP contribution in [0.2, 0.25) is 5.02 Å². The summed E-state index contributed by atoms with van der Waals surface area (Å²) in [4.78, 5) is 12.8. The average Bonchev–Trinajstić information content (AvgIpc) is 2.69. The second kappa shape index (κ2) is 10.5. The number of anilines is 1. The number of aryl methyl sites for hydroxylation is 1. The molecule has 29 heavy (non-hydrogen) atoms. The number of carbonyl (C=O) groups is 1. The molecule has 0 saturated carbocycles. The van der Waals surface area contributed by atoms with Gasteiger partial charge in [-0.2, -0.15) is 0 Å². The molecule has 2 aromatic rings. The van der Waals surface area contributed by atoms with Gasteiger partial charge in [0.05, 0.1) is 19.1 Å². The van der Waals surface area contributed by atoms with Gasteiger partial charge in [0.2, 0.25) is 15.9 Å². The van der Waals surface area contributed by atoms with E-state index in [4.69, 9.17) is 16.3 Å². The van der Waals surface area contributed by atoms with Crippen LogP contribution in [-0.4, -0.2) is 40.3 Å². The Kier molecular flexibility index (Phi) is 8.34. The second-order valence-electron chi connectivity index (χ2n) is 6.67. The van der Waals surface area contributed by atoms with Crippen LogP contribution in [0.5, 0.6) is 5.75 Å². The van der Waals surface area contributed by atoms with Gasteiger partial charge in [-0.15, -0.1) is 0 Å². The van der Waals surface area contributed by atoms with Gasteiger partial charge in [0.1, 0.15) is 11.8 Å². The summed E-state index contributed by atoms with van der Waals surface area (Å²) in [6.07, 6.45) is 2.85. The number of benzene rings is 2. The number of hydrogen-bond donors (Lipinski definition) is 1. The van der Waals surface area contributed by atoms with Crippen molar-refractivity contribution in [1.82, 2.24) is 5.32 Å². The zero-order valence-electron chi connectivity index (χ0n) is 16.9. The van der Waals surface area contributed by atoms with Crippen LogP contribution in [-0.2, 0) is 21.2 Å². The Hall–Kier alpha value is -2.25. The number of halogens is 1. The van der Waals surface area contributed by atoms with E-state index in [9.17, 15) is 13.2 Å². The number of hydrogen-bond acceptors (Lipinski definition) is 4. The SMILES string of the molecule is CCC(C(=O)NCCCc1ccccc1Cl)N(c1cccc(OC)c1)S(C)(=O)=O. The van der Waals surface area contributed by atoms with E-state index in [0.717, 1.165) is 22.5 Å². The fourth-order valence-electron chi connectivity index (χ4n) is 3.12. The standard InChI is InChI=1S/C21H27ClN2O4S/c1-4-20(21(25)23-14-8-10-16-9-5-6-13-19(16)22)24(29(3,26)27)17-11-7-12-18(15-17)28-2/h5-7,9,11-13,15,20H,4,8,10,14H2,1-3H3,(H,23,25). The van der Waals surface area contributed by atoms with Gasteiger partial charge in [-0.3, -0.25) is 9.10 Å². The average molecular weight is 439 g/mol. The van der Waals surface area contributed by atoms with E-state index < -0.39 is 16.1 Å². The quantitative estimate of drug-likeness (QED) is 0.574. The van der Waals surface area contributed by atoms with E-state index in [-0.39, 0.29) is 5.91 Å². The Labute approximate surface area is 177 Å². The van der Waals surface area contributed by atoms with Crippen LogP contribution >= 0.6 is 11.6 Å². The van der Waals surface area contributed by atoms with Crippen molar-refractivity contribution in [3.8, 4) is 5.75 Å². The molecule has 1 N–H and O–H groups in total. The van der Waals surface area contributed by atoms with E-state index in [1.807, 2.05) is 24.3 Å². The number of rotatable bonds is 10. The normalized spacial score (nSPS) is 12.3. The van der Waals surface area contributed by atoms with Crippen LogP contribution < -0.4 is 14.4 Å². The van der Waals surface area contributed by atoms with Gasteiger partial charge < -0.3 is 10.1 Å². The van der Waals surface area contributed by atoms with Crippen molar-refractivity contribution < 1.29 is 17.9 Å². The lowest BCUT2D eigenvalue weighted by Gasteiger charge is -2.30. The number of nitrogens with one attached hydrogen (secondary N) is 1. The summed E-state index contributed by atoms with van der Waals surface area (Å²) in [7, 11) is -2.17. The van der Waals surface area contributed by atoms with Crippen molar-refractivity contribution in [3.63, 3.8) is 0 Å². The predicted octanol–water partition coefficient (Wildman–Crippen LogP) is 3.64. The molecule has 0 saturated heterocycles. The molecular weight excluding hydrogens is 412 g/mol. The maximum absolute atomic E-state index is 12.8. The first-order valence-electron chi connectivity index (χ1n) is 9.42. The molecule has 1 atom stereocenters. The van der Waals surface area contributed by atoms with Crippen LogP contribution in [0, 0.1) is 0 Å². The van der Waals surface area contributed by atoms with Gasteiger partial charge in [0.25, 0.3) is 0 Å². The molecular formula is C21H27ClN2O4S. The Morgan fingerprint density at radius 1 is 1.21 bits per heavy atom. The van der Waals surface area contributed by atoms with Crippen molar-refractivity contribution in [3.05, 3.63) is 59.1 Å². The molecule has 0 radical (unpaired) electrons. The summed E-state index contributed by atoms with van der Waals surface area (Å²) < 4.78 is 31.3. The third-order valence-electron chi connectivity index (χ3n) is 4.52. The van der Waals surface area contributed by atoms with Crippen LogP contribution in [0.15, 0.2) is 48.5 Å². The maximum Gasteiger partial charge on any atom is 0.243 e. The summed E-state index contributed by atoms with van der Waals surface area (Å²) in [6.45, 7) is 2.21. The van der Waals surface area contributed by atoms with Crippen LogP contribution in [0.1, 0.15) is 25.3 Å². The van der Waals surface area contributed by atoms with Crippen molar-refractivity contribution in [1.29, 1.82) is 0 Å². The molecule has 8 heteroatoms. The maximum atomic E-state index is 12.8. The molecule has 0 bridgehead atoms. The van der Waals surface area contributed by atoms with Crippen molar-refractivity contribution in [2.24, 2.45) is 0 Å². The van der Waals surface area contributed by atoms with Gasteiger partial charge in [-0.1, -0.05) is 42.8 Å². The number of carbonyl (C=O) groups excluding carboxylic acids is 1. The number of sulfonamides is 1. The number of methoxy groups -OCH3 is 1. The summed E-state index contributed by atoms with van der Waals surface area (Å²) in [5.74, 6) is 0.186. The summed E-state index contributed by atoms with van der Waals surface area (Å²) >= 11 is 6.15. The number of nitrogens with zero attached hydrogens (tertiary/aromatic N) is 1. The molecule has 158 valence electrons. The first-order valence-corrected chi connectivity index (χ1v) is 11.6. The lowest BCUT2D eigenvalue weighted by Crippen LogP contribution is -2.49. The van der Waals surface area contributed by atoms with E-state index in [1.54, 1.807) is 31.2 Å². The van der Waals surface area contributed by atoms with E-state index in [1.165, 1.54) is 7.11 Å². The van der Waals surface area contributed by atoms with E-state index >= 15 is 0 Å². The van der Waals surface area contributed by atoms with Gasteiger partial charge in [0, 0.05) is 17.6 Å². The van der Waals surface area contributed by atoms with Gasteiger partial charge >= 0.3 is 0 Å². The number of ether oxygens (including phenoxy) is 1. The fraction of sp³-hybridized carbons (Fsp3) is 0.381. The monoisotopic (exact) mass is 438 g/mol. The molecule has 0 aromatic heterocycles. The van der Waals surface area contributed by atoms with Crippen molar-refractivity contribution >= 4 is 33.2 Å². The molecule has 6 nitrogen and oxygen atoms in total. The molecule has 0 spiro atoms. The second-order valence-corrected chi connectivity index (χ2v) is 8.94. The van der Waals surface area contributed by atoms with Gasteiger partial charge in [-0.05, 0) is 43.0 Å². The highest BCUT2D eigenvalue weighted by atomic mass is 35.5. The Bertz CT molecular complexity index is 934. The largest absolute Gasteiger partial charge is 0.497 e. The summed E-state index contributed by atoms with van der Waals surface area (Å²) in [5, 5.41) is 3.56. The summed E-state index contributed by atoms with van der Waals surface area (Å²) in [6, 6.07) is 13.4. The first-order chi connectivity index (χ1) is 13.8. The smallest absolute Gasteiger partial charge is 0.243 e. The lowest BCUT2D eigenvalue weighted by atomic mass is 10.1. The molecule has 1 unspecified atom stereocenters. The van der Waals surface area contributed by atoms with E-state index in [2.05, 4.69) is 5.32 Å². The molecule has 0 heterocycles. The van der Waals surface area contributed by atoms with Crippen LogP contribution in [0.4, 0.5) is 5.69 Å². The molecule has 0 fully saturated rings. The lowest BCUT2D eigenvalue weighted by molar-refractivity contribution is -0.122. The Morgan fingerprint density at radius 3 is 2.55 bits per heavy atom. The molecule has 0 aliphatic rings. The molecule has 2 rings (SSSR count). The zero-order chi connectivity index (χ0) is 21.4. The van der Waals surface area contributed by atoms with Crippen LogP contribution in [0.25, 0.3) is 0 Å². The number of amides is 1. The molecule has 0 aliphatic heterocycles. The van der Waals surface area contributed by atoms with Crippen LogP contribution in [0.3, 0.4) is 0 Å². The topological polar surface area (TPSA) is 75.7 Å². The first kappa shape index (κ1) is 23.0. The van der Waals surface area contributed by atoms with Crippen molar-refractivity contribution in [2.45, 2.75) is 32.2 Å². The Morgan fingerprint density at radius 2 is 1.93 bits per heavy atom. The minimum Gasteiger partial charge on any atom is -0.497 e. The van der Waals surface area contributed by atoms with E-state index in [0.29, 0.717) is 35.8 Å². The van der Waals surface area contributed by atoms with Gasteiger partial charge in [-0.25, -0.2) is 8.42 Å². The third-order valence-corrected chi connectivity index (χ3v) is 6.07. The summed E-state index contributed by atoms with van der Waals surface area (Å²) in [5.41, 5.74) is 1.41. The Balaban J connectivity index is 2.09. The fourth-order valence-corrected chi connectivity index (χ4v) is 4.55.